The highest BCUT2D eigenvalue weighted by molar-refractivity contribution is 6.30. The maximum absolute atomic E-state index is 10.9. The lowest BCUT2D eigenvalue weighted by molar-refractivity contribution is -0.119. The number of hydrogen-bond donors (Lipinski definition) is 1. The van der Waals surface area contributed by atoms with E-state index in [-0.39, 0.29) is 5.91 Å². The van der Waals surface area contributed by atoms with Gasteiger partial charge in [0, 0.05) is 43.7 Å². The van der Waals surface area contributed by atoms with E-state index >= 15 is 0 Å². The van der Waals surface area contributed by atoms with Gasteiger partial charge in [0.1, 0.15) is 5.82 Å². The van der Waals surface area contributed by atoms with Gasteiger partial charge in [-0.3, -0.25) is 4.79 Å². The first-order valence-corrected chi connectivity index (χ1v) is 8.19. The zero-order valence-electron chi connectivity index (χ0n) is 13.1. The van der Waals surface area contributed by atoms with E-state index in [2.05, 4.69) is 27.3 Å². The Morgan fingerprint density at radius 3 is 2.96 bits per heavy atom. The number of benzene rings is 1. The van der Waals surface area contributed by atoms with E-state index in [4.69, 9.17) is 11.6 Å². The molecular formula is C18H20ClN3O. The van der Waals surface area contributed by atoms with Crippen LogP contribution in [0, 0.1) is 0 Å². The SMILES string of the molecule is CC(=O)NCc1ccc(N2CC[C@H](c3cccc(Cl)c3)C2)nc1. The van der Waals surface area contributed by atoms with Crippen molar-refractivity contribution in [2.75, 3.05) is 18.0 Å². The minimum Gasteiger partial charge on any atom is -0.356 e. The molecule has 1 saturated heterocycles. The molecule has 0 unspecified atom stereocenters. The molecule has 1 aromatic heterocycles. The van der Waals surface area contributed by atoms with Gasteiger partial charge in [0.15, 0.2) is 0 Å². The third-order valence-electron chi connectivity index (χ3n) is 4.18. The Balaban J connectivity index is 1.63. The largest absolute Gasteiger partial charge is 0.356 e. The number of amides is 1. The van der Waals surface area contributed by atoms with Crippen LogP contribution >= 0.6 is 11.6 Å². The molecule has 0 radical (unpaired) electrons. The lowest BCUT2D eigenvalue weighted by Crippen LogP contribution is -2.21. The average Bonchev–Trinajstić information content (AvgIpc) is 3.03. The van der Waals surface area contributed by atoms with Crippen molar-refractivity contribution in [3.8, 4) is 0 Å². The monoisotopic (exact) mass is 329 g/mol. The van der Waals surface area contributed by atoms with Crippen LogP contribution in [0.5, 0.6) is 0 Å². The van der Waals surface area contributed by atoms with Crippen LogP contribution in [0.25, 0.3) is 0 Å². The van der Waals surface area contributed by atoms with Crippen LogP contribution in [0.3, 0.4) is 0 Å². The number of hydrogen-bond acceptors (Lipinski definition) is 3. The highest BCUT2D eigenvalue weighted by Crippen LogP contribution is 2.31. The maximum atomic E-state index is 10.9. The minimum absolute atomic E-state index is 0.0296. The molecule has 1 aliphatic rings. The van der Waals surface area contributed by atoms with E-state index < -0.39 is 0 Å². The van der Waals surface area contributed by atoms with Crippen LogP contribution in [0.15, 0.2) is 42.6 Å². The van der Waals surface area contributed by atoms with Gasteiger partial charge in [-0.15, -0.1) is 0 Å². The first-order valence-electron chi connectivity index (χ1n) is 7.81. The van der Waals surface area contributed by atoms with E-state index in [0.717, 1.165) is 35.9 Å². The number of carbonyl (C=O) groups is 1. The summed E-state index contributed by atoms with van der Waals surface area (Å²) in [5, 5.41) is 3.57. The van der Waals surface area contributed by atoms with Crippen LogP contribution in [0.2, 0.25) is 5.02 Å². The van der Waals surface area contributed by atoms with Crippen molar-refractivity contribution in [2.24, 2.45) is 0 Å². The van der Waals surface area contributed by atoms with Gasteiger partial charge in [-0.2, -0.15) is 0 Å². The lowest BCUT2D eigenvalue weighted by Gasteiger charge is -2.18. The van der Waals surface area contributed by atoms with Crippen molar-refractivity contribution >= 4 is 23.3 Å². The first-order chi connectivity index (χ1) is 11.1. The number of rotatable bonds is 4. The molecular weight excluding hydrogens is 310 g/mol. The normalized spacial score (nSPS) is 17.3. The molecule has 120 valence electrons. The fraction of sp³-hybridized carbons (Fsp3) is 0.333. The second-order valence-electron chi connectivity index (χ2n) is 5.92. The highest BCUT2D eigenvalue weighted by atomic mass is 35.5. The summed E-state index contributed by atoms with van der Waals surface area (Å²) < 4.78 is 0. The summed E-state index contributed by atoms with van der Waals surface area (Å²) in [6.07, 6.45) is 2.94. The van der Waals surface area contributed by atoms with Crippen LogP contribution in [-0.2, 0) is 11.3 Å². The summed E-state index contributed by atoms with van der Waals surface area (Å²) in [6.45, 7) is 3.99. The summed E-state index contributed by atoms with van der Waals surface area (Å²) in [5.41, 5.74) is 2.30. The summed E-state index contributed by atoms with van der Waals surface area (Å²) in [7, 11) is 0. The van der Waals surface area contributed by atoms with Crippen LogP contribution in [0.4, 0.5) is 5.82 Å². The Labute approximate surface area is 141 Å². The Bertz CT molecular complexity index is 687. The molecule has 0 saturated carbocycles. The first kappa shape index (κ1) is 15.8. The third-order valence-corrected chi connectivity index (χ3v) is 4.42. The molecule has 2 heterocycles. The zero-order chi connectivity index (χ0) is 16.2. The van der Waals surface area contributed by atoms with E-state index in [9.17, 15) is 4.79 Å². The number of anilines is 1. The molecule has 0 bridgehead atoms. The van der Waals surface area contributed by atoms with Crippen molar-refractivity contribution in [2.45, 2.75) is 25.8 Å². The molecule has 0 aliphatic carbocycles. The number of carbonyl (C=O) groups excluding carboxylic acids is 1. The van der Waals surface area contributed by atoms with Crippen LogP contribution < -0.4 is 10.2 Å². The molecule has 0 spiro atoms. The minimum atomic E-state index is -0.0296. The molecule has 23 heavy (non-hydrogen) atoms. The topological polar surface area (TPSA) is 45.2 Å². The molecule has 1 aromatic carbocycles. The Morgan fingerprint density at radius 1 is 1.39 bits per heavy atom. The van der Waals surface area contributed by atoms with E-state index in [1.807, 2.05) is 30.5 Å². The van der Waals surface area contributed by atoms with Crippen molar-refractivity contribution < 1.29 is 4.79 Å². The fourth-order valence-corrected chi connectivity index (χ4v) is 3.13. The van der Waals surface area contributed by atoms with Crippen molar-refractivity contribution in [1.82, 2.24) is 10.3 Å². The van der Waals surface area contributed by atoms with Gasteiger partial charge in [0.05, 0.1) is 0 Å². The number of nitrogens with zero attached hydrogens (tertiary/aromatic N) is 2. The summed E-state index contributed by atoms with van der Waals surface area (Å²) in [5.74, 6) is 1.45. The molecule has 1 atom stereocenters. The third kappa shape index (κ3) is 4.02. The second kappa shape index (κ2) is 7.01. The van der Waals surface area contributed by atoms with Gasteiger partial charge in [0.2, 0.25) is 5.91 Å². The lowest BCUT2D eigenvalue weighted by atomic mass is 9.99. The summed E-state index contributed by atoms with van der Waals surface area (Å²) in [4.78, 5) is 17.8. The number of nitrogens with one attached hydrogen (secondary N) is 1. The van der Waals surface area contributed by atoms with Crippen molar-refractivity contribution in [3.63, 3.8) is 0 Å². The number of pyridine rings is 1. The Morgan fingerprint density at radius 2 is 2.26 bits per heavy atom. The molecule has 1 aliphatic heterocycles. The quantitative estimate of drug-likeness (QED) is 0.935. The summed E-state index contributed by atoms with van der Waals surface area (Å²) >= 11 is 6.09. The van der Waals surface area contributed by atoms with E-state index in [0.29, 0.717) is 12.5 Å². The predicted octanol–water partition coefficient (Wildman–Crippen LogP) is 3.37. The molecule has 3 rings (SSSR count). The molecule has 1 N–H and O–H groups in total. The molecule has 1 amide bonds. The van der Waals surface area contributed by atoms with Crippen LogP contribution in [0.1, 0.15) is 30.4 Å². The maximum Gasteiger partial charge on any atom is 0.217 e. The van der Waals surface area contributed by atoms with Gasteiger partial charge in [-0.1, -0.05) is 29.8 Å². The van der Waals surface area contributed by atoms with Gasteiger partial charge in [-0.05, 0) is 35.7 Å². The predicted molar refractivity (Wildman–Crippen MR) is 92.8 cm³/mol. The van der Waals surface area contributed by atoms with Gasteiger partial charge >= 0.3 is 0 Å². The standard InChI is InChI=1S/C18H20ClN3O/c1-13(23)20-10-14-5-6-18(21-11-14)22-8-7-16(12-22)15-3-2-4-17(19)9-15/h2-6,9,11,16H,7-8,10,12H2,1H3,(H,20,23)/t16-/m0/s1. The Hall–Kier alpha value is -2.07. The highest BCUT2D eigenvalue weighted by Gasteiger charge is 2.24. The average molecular weight is 330 g/mol. The second-order valence-corrected chi connectivity index (χ2v) is 6.36. The Kier molecular flexibility index (Phi) is 4.82. The molecule has 1 fully saturated rings. The van der Waals surface area contributed by atoms with Gasteiger partial charge in [-0.25, -0.2) is 4.98 Å². The van der Waals surface area contributed by atoms with Crippen LogP contribution in [-0.4, -0.2) is 24.0 Å². The fourth-order valence-electron chi connectivity index (χ4n) is 2.94. The van der Waals surface area contributed by atoms with Crippen molar-refractivity contribution in [3.05, 3.63) is 58.7 Å². The molecule has 5 heteroatoms. The summed E-state index contributed by atoms with van der Waals surface area (Å²) in [6, 6.07) is 12.2. The van der Waals surface area contributed by atoms with Gasteiger partial charge < -0.3 is 10.2 Å². The van der Waals surface area contributed by atoms with E-state index in [1.165, 1.54) is 12.5 Å². The number of aromatic nitrogens is 1. The van der Waals surface area contributed by atoms with E-state index in [1.54, 1.807) is 0 Å². The van der Waals surface area contributed by atoms with Gasteiger partial charge in [0.25, 0.3) is 0 Å². The van der Waals surface area contributed by atoms with Crippen molar-refractivity contribution in [1.29, 1.82) is 0 Å². The number of halogens is 1. The smallest absolute Gasteiger partial charge is 0.217 e. The molecule has 2 aromatic rings. The molecule has 4 nitrogen and oxygen atoms in total. The zero-order valence-corrected chi connectivity index (χ0v) is 13.9.